The summed E-state index contributed by atoms with van der Waals surface area (Å²) in [6, 6.07) is 9.70. The van der Waals surface area contributed by atoms with Gasteiger partial charge < -0.3 is 15.0 Å². The lowest BCUT2D eigenvalue weighted by Gasteiger charge is -2.28. The number of thiophene rings is 1. The van der Waals surface area contributed by atoms with Crippen molar-refractivity contribution in [3.8, 4) is 0 Å². The Morgan fingerprint density at radius 3 is 2.70 bits per heavy atom. The molecule has 0 saturated carbocycles. The highest BCUT2D eigenvalue weighted by molar-refractivity contribution is 8.00. The Kier molecular flexibility index (Phi) is 6.40. The third-order valence-corrected chi connectivity index (χ3v) is 6.99. The third-order valence-electron chi connectivity index (χ3n) is 5.01. The van der Waals surface area contributed by atoms with Crippen molar-refractivity contribution in [2.24, 2.45) is 0 Å². The molecular weight excluding hydrogens is 420 g/mol. The molecule has 3 heterocycles. The van der Waals surface area contributed by atoms with E-state index < -0.39 is 5.25 Å². The second kappa shape index (κ2) is 9.20. The Bertz CT molecular complexity index is 1090. The molecule has 1 unspecified atom stereocenters. The summed E-state index contributed by atoms with van der Waals surface area (Å²) in [5, 5.41) is 5.00. The average molecular weight is 445 g/mol. The number of nitrogens with one attached hydrogen (secondary N) is 1. The van der Waals surface area contributed by atoms with Gasteiger partial charge in [0.2, 0.25) is 5.91 Å². The van der Waals surface area contributed by atoms with Crippen LogP contribution in [-0.2, 0) is 16.1 Å². The van der Waals surface area contributed by atoms with E-state index in [2.05, 4.69) is 15.2 Å². The van der Waals surface area contributed by atoms with E-state index in [4.69, 9.17) is 4.74 Å². The van der Waals surface area contributed by atoms with Crippen molar-refractivity contribution in [3.05, 3.63) is 46.1 Å². The van der Waals surface area contributed by atoms with Crippen molar-refractivity contribution in [1.29, 1.82) is 0 Å². The van der Waals surface area contributed by atoms with Crippen LogP contribution >= 0.6 is 23.1 Å². The van der Waals surface area contributed by atoms with Crippen molar-refractivity contribution in [3.63, 3.8) is 0 Å². The van der Waals surface area contributed by atoms with E-state index in [0.717, 1.165) is 37.7 Å². The molecule has 30 heavy (non-hydrogen) atoms. The van der Waals surface area contributed by atoms with Gasteiger partial charge in [0.05, 0.1) is 24.0 Å². The number of rotatable bonds is 6. The summed E-state index contributed by atoms with van der Waals surface area (Å²) in [4.78, 5) is 32.3. The first-order valence-corrected chi connectivity index (χ1v) is 11.7. The maximum absolute atomic E-state index is 12.7. The predicted molar refractivity (Wildman–Crippen MR) is 123 cm³/mol. The summed E-state index contributed by atoms with van der Waals surface area (Å²) < 4.78 is 7.67. The number of thioether (sulfide) groups is 1. The number of aromatic nitrogens is 2. The van der Waals surface area contributed by atoms with Crippen molar-refractivity contribution in [2.75, 3.05) is 36.5 Å². The van der Waals surface area contributed by atoms with Gasteiger partial charge in [-0.1, -0.05) is 11.8 Å². The first-order valence-electron chi connectivity index (χ1n) is 9.95. The number of amides is 1. The van der Waals surface area contributed by atoms with Crippen LogP contribution < -0.4 is 15.8 Å². The first-order chi connectivity index (χ1) is 14.6. The fourth-order valence-corrected chi connectivity index (χ4v) is 5.08. The minimum atomic E-state index is -0.398. The molecule has 1 saturated heterocycles. The number of benzene rings is 1. The Hall–Kier alpha value is -2.36. The van der Waals surface area contributed by atoms with Gasteiger partial charge in [-0.15, -0.1) is 11.3 Å². The summed E-state index contributed by atoms with van der Waals surface area (Å²) in [7, 11) is 0. The Balaban J connectivity index is 1.44. The zero-order valence-electron chi connectivity index (χ0n) is 17.0. The van der Waals surface area contributed by atoms with E-state index in [9.17, 15) is 9.59 Å². The molecule has 0 spiro atoms. The number of nitrogens with zero attached hydrogens (tertiary/aromatic N) is 3. The number of morpholine rings is 1. The molecule has 0 bridgehead atoms. The van der Waals surface area contributed by atoms with E-state index in [1.807, 2.05) is 49.6 Å². The molecule has 1 N–H and O–H groups in total. The standard InChI is InChI=1S/C21H24N4O3S2/c1-3-25-20(27)18-17(8-13-29-18)23-21(25)30-14(2)19(26)22-15-4-6-16(7-5-15)24-9-11-28-12-10-24/h4-8,13-14H,3,9-12H2,1-2H3,(H,22,26). The quantitative estimate of drug-likeness (QED) is 0.464. The smallest absolute Gasteiger partial charge is 0.272 e. The number of carbonyl (C=O) groups excluding carboxylic acids is 1. The molecule has 0 aliphatic carbocycles. The molecule has 7 nitrogen and oxygen atoms in total. The molecule has 2 aromatic heterocycles. The zero-order valence-corrected chi connectivity index (χ0v) is 18.6. The zero-order chi connectivity index (χ0) is 21.1. The largest absolute Gasteiger partial charge is 0.378 e. The van der Waals surface area contributed by atoms with E-state index in [-0.39, 0.29) is 11.5 Å². The fourth-order valence-electron chi connectivity index (χ4n) is 3.32. The topological polar surface area (TPSA) is 76.5 Å². The van der Waals surface area contributed by atoms with E-state index >= 15 is 0 Å². The van der Waals surface area contributed by atoms with Crippen LogP contribution in [0.5, 0.6) is 0 Å². The Morgan fingerprint density at radius 2 is 2.00 bits per heavy atom. The molecule has 1 aromatic carbocycles. The van der Waals surface area contributed by atoms with Gasteiger partial charge in [0, 0.05) is 31.0 Å². The number of hydrogen-bond donors (Lipinski definition) is 1. The molecule has 3 aromatic rings. The second-order valence-electron chi connectivity index (χ2n) is 6.97. The van der Waals surface area contributed by atoms with Gasteiger partial charge >= 0.3 is 0 Å². The van der Waals surface area contributed by atoms with Crippen molar-refractivity contribution in [2.45, 2.75) is 30.8 Å². The minimum Gasteiger partial charge on any atom is -0.378 e. The van der Waals surface area contributed by atoms with Crippen LogP contribution in [0.15, 0.2) is 45.7 Å². The average Bonchev–Trinajstić information content (AvgIpc) is 3.24. The summed E-state index contributed by atoms with van der Waals surface area (Å²) in [6.07, 6.45) is 0. The van der Waals surface area contributed by atoms with Crippen LogP contribution in [0.25, 0.3) is 10.2 Å². The van der Waals surface area contributed by atoms with Gasteiger partial charge in [0.25, 0.3) is 5.56 Å². The Labute approximate surface area is 183 Å². The van der Waals surface area contributed by atoms with Crippen LogP contribution in [0.4, 0.5) is 11.4 Å². The highest BCUT2D eigenvalue weighted by Gasteiger charge is 2.20. The molecule has 4 rings (SSSR count). The first kappa shape index (κ1) is 20.9. The molecular formula is C21H24N4O3S2. The van der Waals surface area contributed by atoms with Crippen LogP contribution in [0.1, 0.15) is 13.8 Å². The lowest BCUT2D eigenvalue weighted by atomic mass is 10.2. The fraction of sp³-hybridized carbons (Fsp3) is 0.381. The lowest BCUT2D eigenvalue weighted by molar-refractivity contribution is -0.115. The number of carbonyl (C=O) groups is 1. The minimum absolute atomic E-state index is 0.0497. The van der Waals surface area contributed by atoms with Crippen molar-refractivity contribution < 1.29 is 9.53 Å². The highest BCUT2D eigenvalue weighted by atomic mass is 32.2. The summed E-state index contributed by atoms with van der Waals surface area (Å²) in [5.41, 5.74) is 2.51. The summed E-state index contributed by atoms with van der Waals surface area (Å²) in [5.74, 6) is -0.124. The van der Waals surface area contributed by atoms with Crippen LogP contribution in [0.2, 0.25) is 0 Å². The van der Waals surface area contributed by atoms with Gasteiger partial charge in [0.15, 0.2) is 5.16 Å². The number of anilines is 2. The number of ether oxygens (including phenoxy) is 1. The van der Waals surface area contributed by atoms with Crippen LogP contribution in [0.3, 0.4) is 0 Å². The maximum Gasteiger partial charge on any atom is 0.272 e. The van der Waals surface area contributed by atoms with Gasteiger partial charge in [-0.25, -0.2) is 4.98 Å². The van der Waals surface area contributed by atoms with Gasteiger partial charge in [-0.05, 0) is 49.6 Å². The lowest BCUT2D eigenvalue weighted by Crippen LogP contribution is -2.36. The molecule has 1 aliphatic rings. The van der Waals surface area contributed by atoms with Crippen molar-refractivity contribution in [1.82, 2.24) is 9.55 Å². The van der Waals surface area contributed by atoms with Gasteiger partial charge in [-0.3, -0.25) is 14.2 Å². The summed E-state index contributed by atoms with van der Waals surface area (Å²) in [6.45, 7) is 7.47. The van der Waals surface area contributed by atoms with Crippen molar-refractivity contribution >= 4 is 50.6 Å². The van der Waals surface area contributed by atoms with Crippen LogP contribution in [-0.4, -0.2) is 47.0 Å². The second-order valence-corrected chi connectivity index (χ2v) is 9.20. The van der Waals surface area contributed by atoms with Crippen LogP contribution in [0, 0.1) is 0 Å². The molecule has 158 valence electrons. The molecule has 1 amide bonds. The van der Waals surface area contributed by atoms with E-state index in [1.54, 1.807) is 4.57 Å². The molecule has 0 radical (unpaired) electrons. The number of fused-ring (bicyclic) bond motifs is 1. The molecule has 1 aliphatic heterocycles. The Morgan fingerprint density at radius 1 is 1.27 bits per heavy atom. The SMILES string of the molecule is CCn1c(SC(C)C(=O)Nc2ccc(N3CCOCC3)cc2)nc2ccsc2c1=O. The van der Waals surface area contributed by atoms with Gasteiger partial charge in [-0.2, -0.15) is 0 Å². The van der Waals surface area contributed by atoms with Gasteiger partial charge in [0.1, 0.15) is 4.70 Å². The van der Waals surface area contributed by atoms with E-state index in [1.165, 1.54) is 23.1 Å². The molecule has 1 atom stereocenters. The highest BCUT2D eigenvalue weighted by Crippen LogP contribution is 2.26. The summed E-state index contributed by atoms with van der Waals surface area (Å²) >= 11 is 2.70. The molecule has 1 fully saturated rings. The monoisotopic (exact) mass is 444 g/mol. The normalized spacial score (nSPS) is 15.3. The molecule has 9 heteroatoms. The van der Waals surface area contributed by atoms with E-state index in [0.29, 0.717) is 21.9 Å². The number of hydrogen-bond acceptors (Lipinski definition) is 7. The predicted octanol–water partition coefficient (Wildman–Crippen LogP) is 3.43. The third kappa shape index (κ3) is 4.38. The maximum atomic E-state index is 12.7.